The van der Waals surface area contributed by atoms with Gasteiger partial charge >= 0.3 is 6.09 Å². The van der Waals surface area contributed by atoms with Gasteiger partial charge in [-0.2, -0.15) is 0 Å². The zero-order valence-electron chi connectivity index (χ0n) is 8.28. The number of rotatable bonds is 2. The van der Waals surface area contributed by atoms with E-state index >= 15 is 0 Å². The highest BCUT2D eigenvalue weighted by Gasteiger charge is 2.22. The molecule has 1 saturated heterocycles. The molecule has 16 heavy (non-hydrogen) atoms. The van der Waals surface area contributed by atoms with Gasteiger partial charge < -0.3 is 4.90 Å². The van der Waals surface area contributed by atoms with E-state index in [9.17, 15) is 13.6 Å². The van der Waals surface area contributed by atoms with Gasteiger partial charge in [0.05, 0.1) is 0 Å². The van der Waals surface area contributed by atoms with Crippen molar-refractivity contribution >= 4 is 6.09 Å². The van der Waals surface area contributed by atoms with Gasteiger partial charge in [0.1, 0.15) is 11.6 Å². The van der Waals surface area contributed by atoms with E-state index in [1.807, 2.05) is 0 Å². The molecule has 0 spiro atoms. The molecule has 1 heterocycles. The van der Waals surface area contributed by atoms with E-state index in [0.717, 1.165) is 18.6 Å². The van der Waals surface area contributed by atoms with Crippen LogP contribution in [0.25, 0.3) is 0 Å². The van der Waals surface area contributed by atoms with Gasteiger partial charge in [0, 0.05) is 31.3 Å². The molecular formula is C10H9F2NO3. The normalized spacial score (nSPS) is 14.2. The molecule has 0 saturated carbocycles. The van der Waals surface area contributed by atoms with Crippen LogP contribution in [0.3, 0.4) is 0 Å². The molecule has 1 amide bonds. The van der Waals surface area contributed by atoms with E-state index in [4.69, 9.17) is 0 Å². The van der Waals surface area contributed by atoms with Crippen LogP contribution in [0.2, 0.25) is 0 Å². The number of hydrogen-bond acceptors (Lipinski definition) is 3. The first-order chi connectivity index (χ1) is 7.65. The predicted molar refractivity (Wildman–Crippen MR) is 49.7 cm³/mol. The summed E-state index contributed by atoms with van der Waals surface area (Å²) in [6.45, 7) is 1.22. The van der Waals surface area contributed by atoms with Gasteiger partial charge in [-0.15, -0.1) is 0 Å². The third kappa shape index (κ3) is 2.39. The molecule has 4 nitrogen and oxygen atoms in total. The van der Waals surface area contributed by atoms with Crippen LogP contribution in [-0.2, 0) is 4.89 Å². The SMILES string of the molecule is O=C(OOc1cc(F)cc(F)c1)N1CCC1. The molecule has 2 rings (SSSR count). The number of amides is 1. The highest BCUT2D eigenvalue weighted by molar-refractivity contribution is 5.67. The van der Waals surface area contributed by atoms with Crippen molar-refractivity contribution in [3.63, 3.8) is 0 Å². The van der Waals surface area contributed by atoms with E-state index in [-0.39, 0.29) is 5.75 Å². The molecule has 1 aromatic rings. The zero-order chi connectivity index (χ0) is 11.5. The molecular weight excluding hydrogens is 220 g/mol. The van der Waals surface area contributed by atoms with Crippen LogP contribution in [0, 0.1) is 11.6 Å². The van der Waals surface area contributed by atoms with Gasteiger partial charge in [0.25, 0.3) is 0 Å². The molecule has 86 valence electrons. The predicted octanol–water partition coefficient (Wildman–Crippen LogP) is 2.10. The van der Waals surface area contributed by atoms with Crippen molar-refractivity contribution in [2.45, 2.75) is 6.42 Å². The minimum absolute atomic E-state index is 0.189. The van der Waals surface area contributed by atoms with Crippen LogP contribution < -0.4 is 4.89 Å². The summed E-state index contributed by atoms with van der Waals surface area (Å²) < 4.78 is 25.4. The number of nitrogens with zero attached hydrogens (tertiary/aromatic N) is 1. The van der Waals surface area contributed by atoms with Crippen molar-refractivity contribution in [2.75, 3.05) is 13.1 Å². The Balaban J connectivity index is 1.91. The van der Waals surface area contributed by atoms with Crippen molar-refractivity contribution in [1.29, 1.82) is 0 Å². The van der Waals surface area contributed by atoms with Crippen LogP contribution in [0.15, 0.2) is 18.2 Å². The molecule has 0 bridgehead atoms. The maximum atomic E-state index is 12.7. The first-order valence-corrected chi connectivity index (χ1v) is 4.75. The lowest BCUT2D eigenvalue weighted by Crippen LogP contribution is -2.42. The molecule has 0 unspecified atom stereocenters. The summed E-state index contributed by atoms with van der Waals surface area (Å²) in [5.41, 5.74) is 0. The Labute approximate surface area is 90.3 Å². The van der Waals surface area contributed by atoms with Gasteiger partial charge in [0.15, 0.2) is 5.75 Å². The lowest BCUT2D eigenvalue weighted by Gasteiger charge is -2.28. The summed E-state index contributed by atoms with van der Waals surface area (Å²) in [5, 5.41) is 0. The summed E-state index contributed by atoms with van der Waals surface area (Å²) in [6, 6.07) is 2.54. The minimum atomic E-state index is -0.796. The summed E-state index contributed by atoms with van der Waals surface area (Å²) in [5.74, 6) is -1.78. The van der Waals surface area contributed by atoms with Crippen molar-refractivity contribution in [1.82, 2.24) is 4.90 Å². The molecule has 1 aliphatic heterocycles. The van der Waals surface area contributed by atoms with Gasteiger partial charge in [-0.1, -0.05) is 0 Å². The third-order valence-corrected chi connectivity index (χ3v) is 2.16. The fourth-order valence-corrected chi connectivity index (χ4v) is 1.21. The van der Waals surface area contributed by atoms with Gasteiger partial charge in [-0.3, -0.25) is 4.89 Å². The molecule has 0 radical (unpaired) electrons. The number of carbonyl (C=O) groups is 1. The van der Waals surface area contributed by atoms with Crippen LogP contribution >= 0.6 is 0 Å². The Kier molecular flexibility index (Phi) is 2.89. The summed E-state index contributed by atoms with van der Waals surface area (Å²) >= 11 is 0. The second-order valence-corrected chi connectivity index (χ2v) is 3.38. The number of benzene rings is 1. The largest absolute Gasteiger partial charge is 0.452 e. The summed E-state index contributed by atoms with van der Waals surface area (Å²) in [7, 11) is 0. The zero-order valence-corrected chi connectivity index (χ0v) is 8.28. The number of likely N-dealkylation sites (tertiary alicyclic amines) is 1. The average molecular weight is 229 g/mol. The lowest BCUT2D eigenvalue weighted by atomic mass is 10.2. The Morgan fingerprint density at radius 2 is 1.81 bits per heavy atom. The smallest absolute Gasteiger partial charge is 0.305 e. The van der Waals surface area contributed by atoms with Gasteiger partial charge in [-0.25, -0.2) is 18.5 Å². The van der Waals surface area contributed by atoms with Crippen molar-refractivity contribution in [2.24, 2.45) is 0 Å². The monoisotopic (exact) mass is 229 g/mol. The van der Waals surface area contributed by atoms with Gasteiger partial charge in [-0.05, 0) is 6.42 Å². The summed E-state index contributed by atoms with van der Waals surface area (Å²) in [4.78, 5) is 21.5. The maximum absolute atomic E-state index is 12.7. The Morgan fingerprint density at radius 3 is 2.31 bits per heavy atom. The molecule has 1 aliphatic rings. The maximum Gasteiger partial charge on any atom is 0.452 e. The molecule has 1 fully saturated rings. The molecule has 1 aromatic carbocycles. The second kappa shape index (κ2) is 4.34. The fourth-order valence-electron chi connectivity index (χ4n) is 1.21. The van der Waals surface area contributed by atoms with E-state index in [1.165, 1.54) is 4.90 Å². The third-order valence-electron chi connectivity index (χ3n) is 2.16. The number of carbonyl (C=O) groups excluding carboxylic acids is 1. The average Bonchev–Trinajstić information content (AvgIpc) is 2.10. The van der Waals surface area contributed by atoms with Crippen LogP contribution in [0.1, 0.15) is 6.42 Å². The van der Waals surface area contributed by atoms with Crippen molar-refractivity contribution in [3.8, 4) is 5.75 Å². The Hall–Kier alpha value is -1.85. The topological polar surface area (TPSA) is 38.8 Å². The molecule has 0 N–H and O–H groups in total. The highest BCUT2D eigenvalue weighted by Crippen LogP contribution is 2.16. The number of hydrogen-bond donors (Lipinski definition) is 0. The van der Waals surface area contributed by atoms with E-state index in [2.05, 4.69) is 9.78 Å². The standard InChI is InChI=1S/C10H9F2NO3/c11-7-4-8(12)6-9(5-7)15-16-10(14)13-2-1-3-13/h4-6H,1-3H2. The molecule has 0 aliphatic carbocycles. The molecule has 0 atom stereocenters. The van der Waals surface area contributed by atoms with Crippen LogP contribution in [0.4, 0.5) is 13.6 Å². The Morgan fingerprint density at radius 1 is 1.19 bits per heavy atom. The first-order valence-electron chi connectivity index (χ1n) is 4.75. The quantitative estimate of drug-likeness (QED) is 0.575. The van der Waals surface area contributed by atoms with E-state index in [1.54, 1.807) is 0 Å². The minimum Gasteiger partial charge on any atom is -0.305 e. The van der Waals surface area contributed by atoms with Crippen molar-refractivity contribution < 1.29 is 23.4 Å². The van der Waals surface area contributed by atoms with E-state index in [0.29, 0.717) is 19.2 Å². The second-order valence-electron chi connectivity index (χ2n) is 3.38. The first kappa shape index (κ1) is 10.7. The van der Waals surface area contributed by atoms with Crippen LogP contribution in [0.5, 0.6) is 5.75 Å². The summed E-state index contributed by atoms with van der Waals surface area (Å²) in [6.07, 6.45) is 0.264. The molecule has 6 heteroatoms. The highest BCUT2D eigenvalue weighted by atomic mass is 19.1. The molecule has 0 aromatic heterocycles. The van der Waals surface area contributed by atoms with Crippen molar-refractivity contribution in [3.05, 3.63) is 29.8 Å². The fraction of sp³-hybridized carbons (Fsp3) is 0.300. The number of halogens is 2. The van der Waals surface area contributed by atoms with Crippen LogP contribution in [-0.4, -0.2) is 24.1 Å². The Bertz CT molecular complexity index is 387. The lowest BCUT2D eigenvalue weighted by molar-refractivity contribution is -0.157. The van der Waals surface area contributed by atoms with Gasteiger partial charge in [0.2, 0.25) is 0 Å². The van der Waals surface area contributed by atoms with E-state index < -0.39 is 17.7 Å².